The summed E-state index contributed by atoms with van der Waals surface area (Å²) < 4.78 is 0. The lowest BCUT2D eigenvalue weighted by Gasteiger charge is -2.28. The van der Waals surface area contributed by atoms with E-state index in [1.54, 1.807) is 0 Å². The number of thioether (sulfide) groups is 1. The fraction of sp³-hybridized carbons (Fsp3) is 0.500. The maximum Gasteiger partial charge on any atom is 0.0317 e. The van der Waals surface area contributed by atoms with Crippen LogP contribution in [0.15, 0.2) is 18.2 Å². The third kappa shape index (κ3) is 2.67. The Balaban J connectivity index is 2.05. The standard InChI is InChI=1S/C12H18N2S/c1-15-7-6-14-5-4-10-2-3-12(13)8-11(10)9-14/h2-3,8H,4-7,9,13H2,1H3. The molecule has 82 valence electrons. The van der Waals surface area contributed by atoms with Crippen LogP contribution in [0.2, 0.25) is 0 Å². The van der Waals surface area contributed by atoms with E-state index in [-0.39, 0.29) is 0 Å². The first-order chi connectivity index (χ1) is 7.29. The minimum Gasteiger partial charge on any atom is -0.399 e. The van der Waals surface area contributed by atoms with Crippen LogP contribution in [0, 0.1) is 0 Å². The van der Waals surface area contributed by atoms with Crippen LogP contribution < -0.4 is 5.73 Å². The Bertz CT molecular complexity index is 338. The number of benzene rings is 1. The van der Waals surface area contributed by atoms with E-state index in [1.807, 2.05) is 17.8 Å². The second-order valence-electron chi connectivity index (χ2n) is 4.05. The maximum atomic E-state index is 5.80. The van der Waals surface area contributed by atoms with Gasteiger partial charge >= 0.3 is 0 Å². The fourth-order valence-electron chi connectivity index (χ4n) is 2.05. The Morgan fingerprint density at radius 1 is 1.40 bits per heavy atom. The monoisotopic (exact) mass is 222 g/mol. The van der Waals surface area contributed by atoms with Crippen LogP contribution in [0.4, 0.5) is 5.69 Å². The van der Waals surface area contributed by atoms with Crippen molar-refractivity contribution in [1.82, 2.24) is 4.90 Å². The van der Waals surface area contributed by atoms with Gasteiger partial charge < -0.3 is 5.73 Å². The first-order valence-corrected chi connectivity index (χ1v) is 6.77. The molecule has 2 nitrogen and oxygen atoms in total. The molecule has 1 aliphatic rings. The van der Waals surface area contributed by atoms with E-state index in [1.165, 1.54) is 36.4 Å². The summed E-state index contributed by atoms with van der Waals surface area (Å²) in [5, 5.41) is 0. The van der Waals surface area contributed by atoms with Gasteiger partial charge in [-0.2, -0.15) is 11.8 Å². The third-order valence-corrected chi connectivity index (χ3v) is 3.52. The quantitative estimate of drug-likeness (QED) is 0.793. The van der Waals surface area contributed by atoms with E-state index in [9.17, 15) is 0 Å². The minimum atomic E-state index is 0.889. The van der Waals surface area contributed by atoms with Crippen molar-refractivity contribution >= 4 is 17.4 Å². The highest BCUT2D eigenvalue weighted by molar-refractivity contribution is 7.98. The Morgan fingerprint density at radius 3 is 3.07 bits per heavy atom. The van der Waals surface area contributed by atoms with Crippen LogP contribution in [0.5, 0.6) is 0 Å². The lowest BCUT2D eigenvalue weighted by Crippen LogP contribution is -2.32. The Hall–Kier alpha value is -0.670. The van der Waals surface area contributed by atoms with Gasteiger partial charge in [-0.05, 0) is 35.9 Å². The van der Waals surface area contributed by atoms with Gasteiger partial charge in [0.25, 0.3) is 0 Å². The molecule has 0 fully saturated rings. The minimum absolute atomic E-state index is 0.889. The molecule has 1 heterocycles. The van der Waals surface area contributed by atoms with Crippen LogP contribution in [0.1, 0.15) is 11.1 Å². The molecule has 2 N–H and O–H groups in total. The molecule has 1 aromatic rings. The first-order valence-electron chi connectivity index (χ1n) is 5.38. The van der Waals surface area contributed by atoms with Crippen molar-refractivity contribution in [2.75, 3.05) is 30.8 Å². The molecule has 0 amide bonds. The number of fused-ring (bicyclic) bond motifs is 1. The summed E-state index contributed by atoms with van der Waals surface area (Å²) >= 11 is 1.91. The topological polar surface area (TPSA) is 29.3 Å². The van der Waals surface area contributed by atoms with Crippen molar-refractivity contribution in [3.05, 3.63) is 29.3 Å². The van der Waals surface area contributed by atoms with Crippen LogP contribution in [-0.2, 0) is 13.0 Å². The SMILES string of the molecule is CSCCN1CCc2ccc(N)cc2C1. The van der Waals surface area contributed by atoms with Gasteiger partial charge in [0.1, 0.15) is 0 Å². The highest BCUT2D eigenvalue weighted by Crippen LogP contribution is 2.21. The lowest BCUT2D eigenvalue weighted by molar-refractivity contribution is 0.270. The average Bonchev–Trinajstić information content (AvgIpc) is 2.25. The van der Waals surface area contributed by atoms with Gasteiger partial charge in [-0.15, -0.1) is 0 Å². The molecule has 0 aliphatic carbocycles. The van der Waals surface area contributed by atoms with Crippen molar-refractivity contribution < 1.29 is 0 Å². The van der Waals surface area contributed by atoms with Crippen molar-refractivity contribution in [3.8, 4) is 0 Å². The molecule has 15 heavy (non-hydrogen) atoms. The van der Waals surface area contributed by atoms with E-state index >= 15 is 0 Å². The number of nitrogens with two attached hydrogens (primary N) is 1. The Morgan fingerprint density at radius 2 is 2.27 bits per heavy atom. The van der Waals surface area contributed by atoms with Crippen molar-refractivity contribution in [2.45, 2.75) is 13.0 Å². The van der Waals surface area contributed by atoms with Crippen molar-refractivity contribution in [1.29, 1.82) is 0 Å². The smallest absolute Gasteiger partial charge is 0.0317 e. The summed E-state index contributed by atoms with van der Waals surface area (Å²) in [5.74, 6) is 1.22. The molecular formula is C12H18N2S. The molecule has 2 rings (SSSR count). The lowest BCUT2D eigenvalue weighted by atomic mass is 9.99. The van der Waals surface area contributed by atoms with Crippen LogP contribution in [0.25, 0.3) is 0 Å². The van der Waals surface area contributed by atoms with E-state index in [0.29, 0.717) is 0 Å². The molecule has 0 unspecified atom stereocenters. The largest absolute Gasteiger partial charge is 0.399 e. The Kier molecular flexibility index (Phi) is 3.54. The summed E-state index contributed by atoms with van der Waals surface area (Å²) in [4.78, 5) is 2.51. The summed E-state index contributed by atoms with van der Waals surface area (Å²) in [7, 11) is 0. The molecule has 0 saturated heterocycles. The van der Waals surface area contributed by atoms with Gasteiger partial charge in [0, 0.05) is 31.1 Å². The van der Waals surface area contributed by atoms with Gasteiger partial charge in [-0.25, -0.2) is 0 Å². The van der Waals surface area contributed by atoms with Crippen molar-refractivity contribution in [2.24, 2.45) is 0 Å². The van der Waals surface area contributed by atoms with E-state index < -0.39 is 0 Å². The van der Waals surface area contributed by atoms with Gasteiger partial charge in [-0.1, -0.05) is 6.07 Å². The zero-order chi connectivity index (χ0) is 10.7. The van der Waals surface area contributed by atoms with Crippen LogP contribution in [-0.4, -0.2) is 30.0 Å². The summed E-state index contributed by atoms with van der Waals surface area (Å²) in [6.07, 6.45) is 3.33. The molecule has 1 aliphatic heterocycles. The molecule has 0 bridgehead atoms. The highest BCUT2D eigenvalue weighted by Gasteiger charge is 2.15. The molecule has 0 spiro atoms. The summed E-state index contributed by atoms with van der Waals surface area (Å²) in [5.41, 5.74) is 9.59. The van der Waals surface area contributed by atoms with E-state index in [2.05, 4.69) is 23.3 Å². The molecule has 1 aromatic carbocycles. The van der Waals surface area contributed by atoms with Gasteiger partial charge in [0.15, 0.2) is 0 Å². The molecule has 0 aromatic heterocycles. The van der Waals surface area contributed by atoms with Gasteiger partial charge in [-0.3, -0.25) is 4.90 Å². The molecule has 0 saturated carbocycles. The van der Waals surface area contributed by atoms with E-state index in [0.717, 1.165) is 12.2 Å². The Labute approximate surface area is 95.8 Å². The second kappa shape index (κ2) is 4.90. The predicted octanol–water partition coefficient (Wildman–Crippen LogP) is 1.99. The van der Waals surface area contributed by atoms with Crippen LogP contribution >= 0.6 is 11.8 Å². The maximum absolute atomic E-state index is 5.80. The number of hydrogen-bond acceptors (Lipinski definition) is 3. The zero-order valence-electron chi connectivity index (χ0n) is 9.20. The molecule has 3 heteroatoms. The van der Waals surface area contributed by atoms with Crippen LogP contribution in [0.3, 0.4) is 0 Å². The predicted molar refractivity (Wildman–Crippen MR) is 68.2 cm³/mol. The first kappa shape index (κ1) is 10.8. The zero-order valence-corrected chi connectivity index (χ0v) is 10.0. The summed E-state index contributed by atoms with van der Waals surface area (Å²) in [6, 6.07) is 6.31. The number of rotatable bonds is 3. The summed E-state index contributed by atoms with van der Waals surface area (Å²) in [6.45, 7) is 3.45. The number of nitrogen functional groups attached to an aromatic ring is 1. The van der Waals surface area contributed by atoms with E-state index in [4.69, 9.17) is 5.73 Å². The second-order valence-corrected chi connectivity index (χ2v) is 5.03. The average molecular weight is 222 g/mol. The molecular weight excluding hydrogens is 204 g/mol. The fourth-order valence-corrected chi connectivity index (χ4v) is 2.49. The number of nitrogens with zero attached hydrogens (tertiary/aromatic N) is 1. The van der Waals surface area contributed by atoms with Gasteiger partial charge in [0.2, 0.25) is 0 Å². The number of anilines is 1. The normalized spacial score (nSPS) is 16.3. The van der Waals surface area contributed by atoms with Gasteiger partial charge in [0.05, 0.1) is 0 Å². The molecule has 0 radical (unpaired) electrons. The molecule has 0 atom stereocenters. The third-order valence-electron chi connectivity index (χ3n) is 2.93. The van der Waals surface area contributed by atoms with Crippen molar-refractivity contribution in [3.63, 3.8) is 0 Å². The highest BCUT2D eigenvalue weighted by atomic mass is 32.2. The number of hydrogen-bond donors (Lipinski definition) is 1.